The van der Waals surface area contributed by atoms with Crippen LogP contribution in [0.4, 0.5) is 5.69 Å². The zero-order valence-electron chi connectivity index (χ0n) is 12.1. The number of benzene rings is 1. The van der Waals surface area contributed by atoms with E-state index in [0.29, 0.717) is 5.56 Å². The predicted octanol–water partition coefficient (Wildman–Crippen LogP) is 3.23. The van der Waals surface area contributed by atoms with Gasteiger partial charge in [-0.25, -0.2) is 4.79 Å². The van der Waals surface area contributed by atoms with Gasteiger partial charge in [-0.2, -0.15) is 0 Å². The number of rotatable bonds is 5. The van der Waals surface area contributed by atoms with Crippen LogP contribution in [0, 0.1) is 0 Å². The number of carbonyl (C=O) groups excluding carboxylic acids is 1. The normalized spacial score (nSPS) is 11.7. The number of hydrogen-bond donors (Lipinski definition) is 0. The Morgan fingerprint density at radius 3 is 2.06 bits per heavy atom. The highest BCUT2D eigenvalue weighted by molar-refractivity contribution is 5.89. The fraction of sp³-hybridized carbons (Fsp3) is 0.533. The average molecular weight is 250 g/mol. The lowest BCUT2D eigenvalue weighted by atomic mass is 10.1. The van der Waals surface area contributed by atoms with Crippen molar-refractivity contribution in [3.63, 3.8) is 0 Å². The van der Waals surface area contributed by atoms with Gasteiger partial charge in [0, 0.05) is 0 Å². The van der Waals surface area contributed by atoms with Crippen molar-refractivity contribution in [3.05, 3.63) is 29.8 Å². The van der Waals surface area contributed by atoms with Crippen LogP contribution in [-0.2, 0) is 4.74 Å². The fourth-order valence-corrected chi connectivity index (χ4v) is 1.83. The monoisotopic (exact) mass is 250 g/mol. The summed E-state index contributed by atoms with van der Waals surface area (Å²) in [6.07, 6.45) is -0.0792. The Kier molecular flexibility index (Phi) is 4.91. The van der Waals surface area contributed by atoms with Gasteiger partial charge in [-0.3, -0.25) is 4.48 Å². The molecule has 18 heavy (non-hydrogen) atoms. The number of ether oxygens (including phenoxy) is 1. The molecule has 1 aromatic rings. The van der Waals surface area contributed by atoms with E-state index in [2.05, 4.69) is 20.9 Å². The van der Waals surface area contributed by atoms with E-state index in [9.17, 15) is 4.79 Å². The molecule has 0 bridgehead atoms. The second-order valence-electron chi connectivity index (χ2n) is 5.03. The minimum Gasteiger partial charge on any atom is -0.459 e. The Morgan fingerprint density at radius 1 is 1.17 bits per heavy atom. The summed E-state index contributed by atoms with van der Waals surface area (Å²) in [4.78, 5) is 11.7. The molecule has 0 fully saturated rings. The van der Waals surface area contributed by atoms with Crippen LogP contribution in [0.15, 0.2) is 24.3 Å². The van der Waals surface area contributed by atoms with Crippen LogP contribution >= 0.6 is 0 Å². The van der Waals surface area contributed by atoms with Gasteiger partial charge in [-0.15, -0.1) is 0 Å². The van der Waals surface area contributed by atoms with Crippen molar-refractivity contribution in [1.29, 1.82) is 0 Å². The average Bonchev–Trinajstić information content (AvgIpc) is 2.37. The first-order valence-corrected chi connectivity index (χ1v) is 6.59. The van der Waals surface area contributed by atoms with Gasteiger partial charge in [-0.05, 0) is 52.0 Å². The standard InChI is InChI=1S/C15H24NO2/c1-6-16(5,7-2)14-10-8-13(9-11-14)15(17)18-12(3)4/h8-12H,6-7H2,1-5H3/q+1. The maximum Gasteiger partial charge on any atom is 0.338 e. The Morgan fingerprint density at radius 2 is 1.67 bits per heavy atom. The molecule has 0 spiro atoms. The molecule has 0 N–H and O–H groups in total. The van der Waals surface area contributed by atoms with E-state index in [1.165, 1.54) is 5.69 Å². The molecule has 0 heterocycles. The third-order valence-corrected chi connectivity index (χ3v) is 3.46. The number of esters is 1. The molecule has 0 aliphatic rings. The molecule has 100 valence electrons. The Hall–Kier alpha value is -1.35. The first-order chi connectivity index (χ1) is 8.42. The summed E-state index contributed by atoms with van der Waals surface area (Å²) in [5.41, 5.74) is 1.84. The van der Waals surface area contributed by atoms with Gasteiger partial charge >= 0.3 is 5.97 Å². The first kappa shape index (κ1) is 14.7. The van der Waals surface area contributed by atoms with E-state index in [1.807, 2.05) is 38.1 Å². The highest BCUT2D eigenvalue weighted by Gasteiger charge is 2.20. The summed E-state index contributed by atoms with van der Waals surface area (Å²) in [5, 5.41) is 0. The largest absolute Gasteiger partial charge is 0.459 e. The highest BCUT2D eigenvalue weighted by atomic mass is 16.5. The van der Waals surface area contributed by atoms with Crippen LogP contribution in [0.25, 0.3) is 0 Å². The van der Waals surface area contributed by atoms with Crippen molar-refractivity contribution >= 4 is 11.7 Å². The van der Waals surface area contributed by atoms with Gasteiger partial charge in [0.05, 0.1) is 31.8 Å². The third kappa shape index (κ3) is 3.33. The van der Waals surface area contributed by atoms with Crippen LogP contribution in [-0.4, -0.2) is 32.2 Å². The molecule has 0 amide bonds. The molecule has 3 heteroatoms. The Labute approximate surface area is 110 Å². The molecule has 0 aliphatic carbocycles. The predicted molar refractivity (Wildman–Crippen MR) is 75.8 cm³/mol. The van der Waals surface area contributed by atoms with Crippen molar-refractivity contribution in [2.45, 2.75) is 33.8 Å². The highest BCUT2D eigenvalue weighted by Crippen LogP contribution is 2.21. The lowest BCUT2D eigenvalue weighted by molar-refractivity contribution is 0.0378. The molecule has 1 aromatic carbocycles. The number of carbonyl (C=O) groups is 1. The summed E-state index contributed by atoms with van der Waals surface area (Å²) < 4.78 is 6.04. The van der Waals surface area contributed by atoms with Gasteiger partial charge in [0.2, 0.25) is 0 Å². The molecule has 0 atom stereocenters. The van der Waals surface area contributed by atoms with E-state index in [0.717, 1.165) is 17.6 Å². The molecule has 3 nitrogen and oxygen atoms in total. The Bertz CT molecular complexity index is 391. The molecule has 0 saturated heterocycles. The van der Waals surface area contributed by atoms with Gasteiger partial charge in [0.25, 0.3) is 0 Å². The summed E-state index contributed by atoms with van der Waals surface area (Å²) in [7, 11) is 2.20. The zero-order valence-corrected chi connectivity index (χ0v) is 12.1. The number of hydrogen-bond acceptors (Lipinski definition) is 2. The molecule has 0 aliphatic heterocycles. The van der Waals surface area contributed by atoms with E-state index >= 15 is 0 Å². The van der Waals surface area contributed by atoms with E-state index in [4.69, 9.17) is 4.74 Å². The van der Waals surface area contributed by atoms with Crippen LogP contribution in [0.1, 0.15) is 38.1 Å². The van der Waals surface area contributed by atoms with Gasteiger partial charge in [-0.1, -0.05) is 0 Å². The second-order valence-corrected chi connectivity index (χ2v) is 5.03. The smallest absolute Gasteiger partial charge is 0.338 e. The lowest BCUT2D eigenvalue weighted by Crippen LogP contribution is -2.44. The van der Waals surface area contributed by atoms with E-state index in [1.54, 1.807) is 0 Å². The zero-order chi connectivity index (χ0) is 13.8. The molecular formula is C15H24NO2+. The molecule has 0 unspecified atom stereocenters. The third-order valence-electron chi connectivity index (χ3n) is 3.46. The van der Waals surface area contributed by atoms with Crippen molar-refractivity contribution in [2.75, 3.05) is 20.1 Å². The topological polar surface area (TPSA) is 26.3 Å². The SMILES string of the molecule is CC[N+](C)(CC)c1ccc(C(=O)OC(C)C)cc1. The van der Waals surface area contributed by atoms with Crippen LogP contribution in [0.3, 0.4) is 0 Å². The summed E-state index contributed by atoms with van der Waals surface area (Å²) in [6, 6.07) is 7.73. The van der Waals surface area contributed by atoms with Crippen molar-refractivity contribution in [1.82, 2.24) is 4.48 Å². The van der Waals surface area contributed by atoms with Crippen LogP contribution in [0.2, 0.25) is 0 Å². The Balaban J connectivity index is 2.89. The summed E-state index contributed by atoms with van der Waals surface area (Å²) in [6.45, 7) is 10.1. The van der Waals surface area contributed by atoms with Gasteiger partial charge < -0.3 is 4.74 Å². The molecule has 0 saturated carbocycles. The molecule has 0 aromatic heterocycles. The summed E-state index contributed by atoms with van der Waals surface area (Å²) >= 11 is 0. The van der Waals surface area contributed by atoms with Crippen LogP contribution in [0.5, 0.6) is 0 Å². The minimum absolute atomic E-state index is 0.0792. The van der Waals surface area contributed by atoms with E-state index < -0.39 is 0 Å². The summed E-state index contributed by atoms with van der Waals surface area (Å²) in [5.74, 6) is -0.251. The number of quaternary nitrogens is 1. The second kappa shape index (κ2) is 6.01. The first-order valence-electron chi connectivity index (χ1n) is 6.59. The minimum atomic E-state index is -0.251. The van der Waals surface area contributed by atoms with Gasteiger partial charge in [0.1, 0.15) is 5.69 Å². The van der Waals surface area contributed by atoms with Crippen molar-refractivity contribution in [2.24, 2.45) is 0 Å². The van der Waals surface area contributed by atoms with Crippen molar-refractivity contribution in [3.8, 4) is 0 Å². The lowest BCUT2D eigenvalue weighted by Gasteiger charge is -2.31. The fourth-order valence-electron chi connectivity index (χ4n) is 1.83. The van der Waals surface area contributed by atoms with Gasteiger partial charge in [0.15, 0.2) is 0 Å². The molecule has 1 rings (SSSR count). The van der Waals surface area contributed by atoms with Crippen molar-refractivity contribution < 1.29 is 9.53 Å². The van der Waals surface area contributed by atoms with E-state index in [-0.39, 0.29) is 12.1 Å². The maximum atomic E-state index is 11.7. The maximum absolute atomic E-state index is 11.7. The molecular weight excluding hydrogens is 226 g/mol. The molecule has 0 radical (unpaired) electrons. The van der Waals surface area contributed by atoms with Crippen LogP contribution < -0.4 is 4.48 Å². The number of nitrogens with zero attached hydrogens (tertiary/aromatic N) is 1. The quantitative estimate of drug-likeness (QED) is 0.592.